The fourth-order valence-electron chi connectivity index (χ4n) is 1.69. The average Bonchev–Trinajstić information content (AvgIpc) is 2.39. The van der Waals surface area contributed by atoms with Gasteiger partial charge in [0.2, 0.25) is 0 Å². The minimum absolute atomic E-state index is 0.421. The van der Waals surface area contributed by atoms with Crippen molar-refractivity contribution in [1.29, 1.82) is 0 Å². The number of thioether (sulfide) groups is 1. The van der Waals surface area contributed by atoms with E-state index in [0.29, 0.717) is 13.0 Å². The van der Waals surface area contributed by atoms with Gasteiger partial charge in [-0.3, -0.25) is 4.79 Å². The summed E-state index contributed by atoms with van der Waals surface area (Å²) in [6.45, 7) is 2.71. The third-order valence-electron chi connectivity index (χ3n) is 2.68. The van der Waals surface area contributed by atoms with Crippen molar-refractivity contribution >= 4 is 29.3 Å². The molecule has 19 heavy (non-hydrogen) atoms. The minimum Gasteiger partial charge on any atom is -0.480 e. The first-order valence-electron chi connectivity index (χ1n) is 6.48. The van der Waals surface area contributed by atoms with E-state index in [9.17, 15) is 4.79 Å². The average molecular weight is 302 g/mol. The first-order chi connectivity index (χ1) is 9.15. The van der Waals surface area contributed by atoms with E-state index in [-0.39, 0.29) is 0 Å². The highest BCUT2D eigenvalue weighted by Crippen LogP contribution is 2.26. The molecule has 0 heterocycles. The van der Waals surface area contributed by atoms with Crippen LogP contribution in [0.3, 0.4) is 0 Å². The van der Waals surface area contributed by atoms with Gasteiger partial charge in [-0.05, 0) is 37.3 Å². The van der Waals surface area contributed by atoms with E-state index >= 15 is 0 Å². The zero-order valence-electron chi connectivity index (χ0n) is 11.1. The van der Waals surface area contributed by atoms with Crippen LogP contribution >= 0.6 is 23.4 Å². The summed E-state index contributed by atoms with van der Waals surface area (Å²) in [6.07, 6.45) is 2.47. The van der Waals surface area contributed by atoms with Gasteiger partial charge in [0.15, 0.2) is 0 Å². The molecule has 0 fully saturated rings. The second-order valence-corrected chi connectivity index (χ2v) is 5.81. The van der Waals surface area contributed by atoms with E-state index in [1.807, 2.05) is 31.2 Å². The number of carboxylic acid groups (broad SMARTS) is 1. The molecule has 0 aliphatic rings. The number of benzene rings is 1. The van der Waals surface area contributed by atoms with Crippen LogP contribution in [0.25, 0.3) is 0 Å². The lowest BCUT2D eigenvalue weighted by Crippen LogP contribution is -2.37. The number of aliphatic carboxylic acids is 1. The maximum atomic E-state index is 10.9. The summed E-state index contributed by atoms with van der Waals surface area (Å²) in [5, 5.41) is 12.8. The quantitative estimate of drug-likeness (QED) is 0.540. The Morgan fingerprint density at radius 1 is 1.47 bits per heavy atom. The summed E-state index contributed by atoms with van der Waals surface area (Å²) in [5.74, 6) is 0.162. The van der Waals surface area contributed by atoms with Crippen LogP contribution in [0.15, 0.2) is 29.2 Å². The van der Waals surface area contributed by atoms with Crippen LogP contribution in [0.1, 0.15) is 26.2 Å². The van der Waals surface area contributed by atoms with Gasteiger partial charge < -0.3 is 10.4 Å². The third kappa shape index (κ3) is 6.32. The Bertz CT molecular complexity index is 401. The van der Waals surface area contributed by atoms with Crippen LogP contribution in [0.5, 0.6) is 0 Å². The van der Waals surface area contributed by atoms with Gasteiger partial charge in [-0.15, -0.1) is 11.8 Å². The highest BCUT2D eigenvalue weighted by molar-refractivity contribution is 7.99. The van der Waals surface area contributed by atoms with Crippen LogP contribution in [0.4, 0.5) is 0 Å². The Morgan fingerprint density at radius 2 is 2.21 bits per heavy atom. The molecule has 0 bridgehead atoms. The van der Waals surface area contributed by atoms with E-state index in [1.165, 1.54) is 0 Å². The van der Waals surface area contributed by atoms with Crippen molar-refractivity contribution in [2.24, 2.45) is 0 Å². The largest absolute Gasteiger partial charge is 0.480 e. The van der Waals surface area contributed by atoms with Gasteiger partial charge in [0, 0.05) is 4.90 Å². The monoisotopic (exact) mass is 301 g/mol. The minimum atomic E-state index is -0.763. The molecule has 106 valence electrons. The zero-order valence-corrected chi connectivity index (χ0v) is 12.6. The molecule has 1 rings (SSSR count). The predicted molar refractivity (Wildman–Crippen MR) is 81.1 cm³/mol. The third-order valence-corrected chi connectivity index (χ3v) is 4.28. The van der Waals surface area contributed by atoms with E-state index in [2.05, 4.69) is 5.32 Å². The molecule has 0 aliphatic heterocycles. The molecule has 0 saturated heterocycles. The highest BCUT2D eigenvalue weighted by Gasteiger charge is 2.14. The Morgan fingerprint density at radius 3 is 2.84 bits per heavy atom. The molecule has 0 radical (unpaired) electrons. The van der Waals surface area contributed by atoms with Crippen LogP contribution < -0.4 is 5.32 Å². The molecule has 1 unspecified atom stereocenters. The van der Waals surface area contributed by atoms with Crippen LogP contribution in [0, 0.1) is 0 Å². The summed E-state index contributed by atoms with van der Waals surface area (Å²) >= 11 is 7.76. The molecule has 0 saturated carbocycles. The molecule has 0 aromatic heterocycles. The molecule has 5 heteroatoms. The van der Waals surface area contributed by atoms with Gasteiger partial charge in [0.1, 0.15) is 6.04 Å². The van der Waals surface area contributed by atoms with Crippen molar-refractivity contribution in [1.82, 2.24) is 5.32 Å². The summed E-state index contributed by atoms with van der Waals surface area (Å²) in [6, 6.07) is 7.33. The van der Waals surface area contributed by atoms with Gasteiger partial charge in [0.05, 0.1) is 5.02 Å². The van der Waals surface area contributed by atoms with E-state index < -0.39 is 12.0 Å². The van der Waals surface area contributed by atoms with E-state index in [1.54, 1.807) is 11.8 Å². The van der Waals surface area contributed by atoms with Gasteiger partial charge >= 0.3 is 5.97 Å². The number of halogens is 1. The molecule has 3 nitrogen and oxygen atoms in total. The first-order valence-corrected chi connectivity index (χ1v) is 7.85. The summed E-state index contributed by atoms with van der Waals surface area (Å²) in [4.78, 5) is 12.0. The second kappa shape index (κ2) is 9.23. The highest BCUT2D eigenvalue weighted by atomic mass is 35.5. The van der Waals surface area contributed by atoms with Crippen LogP contribution in [-0.4, -0.2) is 29.4 Å². The first kappa shape index (κ1) is 16.3. The molecule has 0 amide bonds. The number of hydrogen-bond donors (Lipinski definition) is 2. The lowest BCUT2D eigenvalue weighted by Gasteiger charge is -2.13. The Kier molecular flexibility index (Phi) is 7.94. The SMILES string of the molecule is CCCC(NCCCSc1ccccc1Cl)C(=O)O. The number of carbonyl (C=O) groups is 1. The van der Waals surface area contributed by atoms with Crippen LogP contribution in [0.2, 0.25) is 5.02 Å². The summed E-state index contributed by atoms with van der Waals surface area (Å²) in [7, 11) is 0. The van der Waals surface area contributed by atoms with Gasteiger partial charge in [-0.1, -0.05) is 37.1 Å². The lowest BCUT2D eigenvalue weighted by molar-refractivity contribution is -0.139. The van der Waals surface area contributed by atoms with Crippen molar-refractivity contribution in [3.8, 4) is 0 Å². The Balaban J connectivity index is 2.20. The fourth-order valence-corrected chi connectivity index (χ4v) is 2.88. The number of rotatable bonds is 9. The topological polar surface area (TPSA) is 49.3 Å². The maximum absolute atomic E-state index is 10.9. The van der Waals surface area contributed by atoms with Crippen LogP contribution in [-0.2, 0) is 4.79 Å². The molecular formula is C14H20ClNO2S. The predicted octanol–water partition coefficient (Wildman–Crippen LogP) is 3.67. The molecule has 1 aromatic carbocycles. The lowest BCUT2D eigenvalue weighted by atomic mass is 10.1. The van der Waals surface area contributed by atoms with E-state index in [4.69, 9.17) is 16.7 Å². The molecule has 1 atom stereocenters. The second-order valence-electron chi connectivity index (χ2n) is 4.27. The fraction of sp³-hybridized carbons (Fsp3) is 0.500. The van der Waals surface area contributed by atoms with Gasteiger partial charge in [-0.25, -0.2) is 0 Å². The Labute approximate surface area is 123 Å². The number of carboxylic acids is 1. The number of nitrogens with one attached hydrogen (secondary N) is 1. The van der Waals surface area contributed by atoms with Crippen molar-refractivity contribution in [2.45, 2.75) is 37.1 Å². The van der Waals surface area contributed by atoms with Gasteiger partial charge in [-0.2, -0.15) is 0 Å². The van der Waals surface area contributed by atoms with Crippen molar-refractivity contribution in [3.05, 3.63) is 29.3 Å². The van der Waals surface area contributed by atoms with Gasteiger partial charge in [0.25, 0.3) is 0 Å². The molecule has 0 aliphatic carbocycles. The molecule has 2 N–H and O–H groups in total. The number of hydrogen-bond acceptors (Lipinski definition) is 3. The molecule has 1 aromatic rings. The maximum Gasteiger partial charge on any atom is 0.320 e. The zero-order chi connectivity index (χ0) is 14.1. The standard InChI is InChI=1S/C14H20ClNO2S/c1-2-6-12(14(17)18)16-9-5-10-19-13-8-4-3-7-11(13)15/h3-4,7-8,12,16H,2,5-6,9-10H2,1H3,(H,17,18). The smallest absolute Gasteiger partial charge is 0.320 e. The molecular weight excluding hydrogens is 282 g/mol. The summed E-state index contributed by atoms with van der Waals surface area (Å²) in [5.41, 5.74) is 0. The van der Waals surface area contributed by atoms with E-state index in [0.717, 1.165) is 28.5 Å². The Hall–Kier alpha value is -0.710. The summed E-state index contributed by atoms with van der Waals surface area (Å²) < 4.78 is 0. The van der Waals surface area contributed by atoms with Crippen molar-refractivity contribution < 1.29 is 9.90 Å². The molecule has 0 spiro atoms. The normalized spacial score (nSPS) is 12.3. The van der Waals surface area contributed by atoms with Crippen molar-refractivity contribution in [3.63, 3.8) is 0 Å². The van der Waals surface area contributed by atoms with Crippen molar-refractivity contribution in [2.75, 3.05) is 12.3 Å².